The first-order valence-electron chi connectivity index (χ1n) is 6.59. The molecule has 2 rings (SSSR count). The standard InChI is InChI=1S/C16H20N2O/c1-12(13-6-3-2-4-7-13)10-15(19)11-14-8-5-9-18-16(14)17/h2-9,12,15,19H,10-11H2,1H3,(H2,17,18). The van der Waals surface area contributed by atoms with E-state index in [1.807, 2.05) is 30.3 Å². The number of pyridine rings is 1. The zero-order chi connectivity index (χ0) is 13.7. The average molecular weight is 256 g/mol. The molecule has 3 nitrogen and oxygen atoms in total. The molecule has 3 N–H and O–H groups in total. The fourth-order valence-electron chi connectivity index (χ4n) is 2.29. The van der Waals surface area contributed by atoms with Crippen molar-refractivity contribution in [1.29, 1.82) is 0 Å². The summed E-state index contributed by atoms with van der Waals surface area (Å²) in [6.07, 6.45) is 2.54. The maximum absolute atomic E-state index is 10.2. The Labute approximate surface area is 114 Å². The number of hydrogen-bond acceptors (Lipinski definition) is 3. The second kappa shape index (κ2) is 6.34. The molecule has 0 amide bonds. The summed E-state index contributed by atoms with van der Waals surface area (Å²) in [7, 11) is 0. The molecule has 2 atom stereocenters. The monoisotopic (exact) mass is 256 g/mol. The van der Waals surface area contributed by atoms with Crippen molar-refractivity contribution < 1.29 is 5.11 Å². The largest absolute Gasteiger partial charge is 0.393 e. The topological polar surface area (TPSA) is 59.1 Å². The van der Waals surface area contributed by atoms with E-state index in [1.54, 1.807) is 6.20 Å². The number of hydrogen-bond donors (Lipinski definition) is 2. The maximum atomic E-state index is 10.2. The highest BCUT2D eigenvalue weighted by atomic mass is 16.3. The normalized spacial score (nSPS) is 14.0. The Morgan fingerprint density at radius 2 is 1.89 bits per heavy atom. The molecule has 19 heavy (non-hydrogen) atoms. The van der Waals surface area contributed by atoms with E-state index in [1.165, 1.54) is 5.56 Å². The number of aliphatic hydroxyl groups excluding tert-OH is 1. The number of anilines is 1. The average Bonchev–Trinajstić information content (AvgIpc) is 2.42. The van der Waals surface area contributed by atoms with Crippen molar-refractivity contribution >= 4 is 5.82 Å². The molecule has 3 heteroatoms. The molecule has 0 spiro atoms. The van der Waals surface area contributed by atoms with Gasteiger partial charge in [-0.05, 0) is 29.5 Å². The lowest BCUT2D eigenvalue weighted by Crippen LogP contribution is -2.15. The third kappa shape index (κ3) is 3.80. The summed E-state index contributed by atoms with van der Waals surface area (Å²) in [5, 5.41) is 10.2. The van der Waals surface area contributed by atoms with E-state index in [4.69, 9.17) is 5.73 Å². The van der Waals surface area contributed by atoms with Crippen LogP contribution in [-0.4, -0.2) is 16.2 Å². The summed E-state index contributed by atoms with van der Waals surface area (Å²) < 4.78 is 0. The van der Waals surface area contributed by atoms with Crippen LogP contribution in [-0.2, 0) is 6.42 Å². The van der Waals surface area contributed by atoms with Crippen LogP contribution >= 0.6 is 0 Å². The SMILES string of the molecule is CC(CC(O)Cc1cccnc1N)c1ccccc1. The zero-order valence-electron chi connectivity index (χ0n) is 11.2. The van der Waals surface area contributed by atoms with Crippen LogP contribution in [0.3, 0.4) is 0 Å². The molecule has 0 saturated carbocycles. The summed E-state index contributed by atoms with van der Waals surface area (Å²) in [6.45, 7) is 2.13. The Balaban J connectivity index is 1.95. The second-order valence-corrected chi connectivity index (χ2v) is 4.95. The van der Waals surface area contributed by atoms with Crippen LogP contribution in [0.25, 0.3) is 0 Å². The van der Waals surface area contributed by atoms with Crippen LogP contribution < -0.4 is 5.73 Å². The molecule has 0 aliphatic rings. The van der Waals surface area contributed by atoms with Crippen LogP contribution in [0, 0.1) is 0 Å². The molecule has 0 aliphatic heterocycles. The van der Waals surface area contributed by atoms with E-state index in [0.29, 0.717) is 18.2 Å². The Kier molecular flexibility index (Phi) is 4.53. The third-order valence-electron chi connectivity index (χ3n) is 3.38. The molecule has 100 valence electrons. The minimum absolute atomic E-state index is 0.328. The summed E-state index contributed by atoms with van der Waals surface area (Å²) in [4.78, 5) is 4.04. The molecule has 0 aliphatic carbocycles. The van der Waals surface area contributed by atoms with E-state index in [0.717, 1.165) is 12.0 Å². The first kappa shape index (κ1) is 13.6. The van der Waals surface area contributed by atoms with Gasteiger partial charge in [0.1, 0.15) is 5.82 Å². The lowest BCUT2D eigenvalue weighted by molar-refractivity contribution is 0.157. The van der Waals surface area contributed by atoms with E-state index >= 15 is 0 Å². The highest BCUT2D eigenvalue weighted by Crippen LogP contribution is 2.22. The number of nitrogens with zero attached hydrogens (tertiary/aromatic N) is 1. The van der Waals surface area contributed by atoms with Gasteiger partial charge in [0.2, 0.25) is 0 Å². The van der Waals surface area contributed by atoms with Gasteiger partial charge < -0.3 is 10.8 Å². The van der Waals surface area contributed by atoms with Gasteiger partial charge in [-0.2, -0.15) is 0 Å². The third-order valence-corrected chi connectivity index (χ3v) is 3.38. The smallest absolute Gasteiger partial charge is 0.126 e. The molecule has 1 heterocycles. The summed E-state index contributed by atoms with van der Waals surface area (Å²) in [5.41, 5.74) is 7.95. The van der Waals surface area contributed by atoms with E-state index < -0.39 is 6.10 Å². The first-order valence-corrected chi connectivity index (χ1v) is 6.59. The van der Waals surface area contributed by atoms with Crippen LogP contribution in [0.15, 0.2) is 48.7 Å². The van der Waals surface area contributed by atoms with Gasteiger partial charge in [-0.3, -0.25) is 0 Å². The van der Waals surface area contributed by atoms with Gasteiger partial charge in [-0.15, -0.1) is 0 Å². The van der Waals surface area contributed by atoms with Crippen molar-refractivity contribution in [3.05, 3.63) is 59.8 Å². The number of rotatable bonds is 5. The van der Waals surface area contributed by atoms with Crippen LogP contribution in [0.1, 0.15) is 30.4 Å². The van der Waals surface area contributed by atoms with Gasteiger partial charge in [0, 0.05) is 12.6 Å². The van der Waals surface area contributed by atoms with E-state index in [-0.39, 0.29) is 0 Å². The van der Waals surface area contributed by atoms with Crippen molar-refractivity contribution in [2.45, 2.75) is 31.8 Å². The first-order chi connectivity index (χ1) is 9.16. The number of nitrogen functional groups attached to an aromatic ring is 1. The van der Waals surface area contributed by atoms with Gasteiger partial charge in [0.15, 0.2) is 0 Å². The summed E-state index contributed by atoms with van der Waals surface area (Å²) >= 11 is 0. The Morgan fingerprint density at radius 1 is 1.16 bits per heavy atom. The van der Waals surface area contributed by atoms with Crippen LogP contribution in [0.2, 0.25) is 0 Å². The summed E-state index contributed by atoms with van der Waals surface area (Å²) in [6, 6.07) is 14.0. The Bertz CT molecular complexity index is 513. The Morgan fingerprint density at radius 3 is 2.58 bits per heavy atom. The van der Waals surface area contributed by atoms with Gasteiger partial charge >= 0.3 is 0 Å². The number of aliphatic hydroxyl groups is 1. The quantitative estimate of drug-likeness (QED) is 0.864. The van der Waals surface area contributed by atoms with E-state index in [9.17, 15) is 5.11 Å². The highest BCUT2D eigenvalue weighted by molar-refractivity contribution is 5.38. The van der Waals surface area contributed by atoms with Crippen molar-refractivity contribution in [3.8, 4) is 0 Å². The molecule has 1 aromatic carbocycles. The number of aromatic nitrogens is 1. The van der Waals surface area contributed by atoms with E-state index in [2.05, 4.69) is 24.0 Å². The second-order valence-electron chi connectivity index (χ2n) is 4.95. The van der Waals surface area contributed by atoms with Crippen LogP contribution in [0.5, 0.6) is 0 Å². The maximum Gasteiger partial charge on any atom is 0.126 e. The predicted octanol–water partition coefficient (Wildman–Crippen LogP) is 2.76. The van der Waals surface area contributed by atoms with Gasteiger partial charge in [0.25, 0.3) is 0 Å². The van der Waals surface area contributed by atoms with Crippen molar-refractivity contribution in [3.63, 3.8) is 0 Å². The number of nitrogens with two attached hydrogens (primary N) is 1. The fraction of sp³-hybridized carbons (Fsp3) is 0.312. The van der Waals surface area contributed by atoms with Crippen LogP contribution in [0.4, 0.5) is 5.82 Å². The zero-order valence-corrected chi connectivity index (χ0v) is 11.2. The molecular formula is C16H20N2O. The molecule has 0 fully saturated rings. The predicted molar refractivity (Wildman–Crippen MR) is 77.8 cm³/mol. The molecular weight excluding hydrogens is 236 g/mol. The molecule has 2 unspecified atom stereocenters. The minimum Gasteiger partial charge on any atom is -0.393 e. The molecule has 0 saturated heterocycles. The number of benzene rings is 1. The van der Waals surface area contributed by atoms with Crippen molar-refractivity contribution in [2.75, 3.05) is 5.73 Å². The molecule has 2 aromatic rings. The lowest BCUT2D eigenvalue weighted by Gasteiger charge is -2.17. The van der Waals surface area contributed by atoms with Gasteiger partial charge in [0.05, 0.1) is 6.10 Å². The Hall–Kier alpha value is -1.87. The lowest BCUT2D eigenvalue weighted by atomic mass is 9.93. The molecule has 1 aromatic heterocycles. The van der Waals surface area contributed by atoms with Crippen molar-refractivity contribution in [2.24, 2.45) is 0 Å². The van der Waals surface area contributed by atoms with Gasteiger partial charge in [-0.25, -0.2) is 4.98 Å². The molecule has 0 bridgehead atoms. The fourth-order valence-corrected chi connectivity index (χ4v) is 2.29. The molecule has 0 radical (unpaired) electrons. The van der Waals surface area contributed by atoms with Gasteiger partial charge in [-0.1, -0.05) is 43.3 Å². The highest BCUT2D eigenvalue weighted by Gasteiger charge is 2.13. The minimum atomic E-state index is -0.401. The van der Waals surface area contributed by atoms with Crippen molar-refractivity contribution in [1.82, 2.24) is 4.98 Å². The summed E-state index contributed by atoms with van der Waals surface area (Å²) in [5.74, 6) is 0.836.